The normalized spacial score (nSPS) is 11.0. The van der Waals surface area contributed by atoms with Gasteiger partial charge in [-0.3, -0.25) is 0 Å². The van der Waals surface area contributed by atoms with Gasteiger partial charge in [0.15, 0.2) is 5.82 Å². The van der Waals surface area contributed by atoms with E-state index < -0.39 is 0 Å². The number of aromatic nitrogens is 2. The molecule has 1 rings (SSSR count). The quantitative estimate of drug-likeness (QED) is 0.795. The largest absolute Gasteiger partial charge is 0.366 e. The van der Waals surface area contributed by atoms with E-state index in [1.54, 1.807) is 0 Å². The third-order valence-corrected chi connectivity index (χ3v) is 2.28. The van der Waals surface area contributed by atoms with Gasteiger partial charge in [-0.15, -0.1) is 5.10 Å². The van der Waals surface area contributed by atoms with Crippen LogP contribution in [0.4, 0.5) is 5.82 Å². The molecule has 0 aliphatic rings. The predicted molar refractivity (Wildman–Crippen MR) is 63.0 cm³/mol. The SMILES string of the molecule is Cc1nnc(NCC(C)(C)N)c(C#N)c1C. The van der Waals surface area contributed by atoms with Crippen LogP contribution in [0.25, 0.3) is 0 Å². The van der Waals surface area contributed by atoms with Crippen LogP contribution >= 0.6 is 0 Å². The van der Waals surface area contributed by atoms with E-state index in [4.69, 9.17) is 11.0 Å². The molecule has 16 heavy (non-hydrogen) atoms. The molecule has 1 heterocycles. The maximum absolute atomic E-state index is 9.06. The van der Waals surface area contributed by atoms with Gasteiger partial charge in [0, 0.05) is 12.1 Å². The predicted octanol–water partition coefficient (Wildman–Crippen LogP) is 1.11. The van der Waals surface area contributed by atoms with Gasteiger partial charge in [0.2, 0.25) is 0 Å². The van der Waals surface area contributed by atoms with Crippen molar-refractivity contribution < 1.29 is 0 Å². The topological polar surface area (TPSA) is 87.6 Å². The second-order valence-corrected chi connectivity index (χ2v) is 4.59. The van der Waals surface area contributed by atoms with Crippen molar-refractivity contribution in [2.75, 3.05) is 11.9 Å². The molecule has 0 aromatic carbocycles. The minimum atomic E-state index is -0.354. The van der Waals surface area contributed by atoms with Crippen LogP contribution in [0, 0.1) is 25.2 Å². The van der Waals surface area contributed by atoms with E-state index in [1.807, 2.05) is 27.7 Å². The Balaban J connectivity index is 2.98. The Labute approximate surface area is 95.7 Å². The first-order valence-electron chi connectivity index (χ1n) is 5.12. The fourth-order valence-corrected chi connectivity index (χ4v) is 1.18. The van der Waals surface area contributed by atoms with Crippen molar-refractivity contribution in [1.82, 2.24) is 10.2 Å². The van der Waals surface area contributed by atoms with Gasteiger partial charge in [-0.25, -0.2) is 0 Å². The van der Waals surface area contributed by atoms with Crippen LogP contribution in [0.2, 0.25) is 0 Å². The molecular formula is C11H17N5. The lowest BCUT2D eigenvalue weighted by Gasteiger charge is -2.19. The van der Waals surface area contributed by atoms with Crippen LogP contribution in [0.1, 0.15) is 30.7 Å². The minimum Gasteiger partial charge on any atom is -0.366 e. The van der Waals surface area contributed by atoms with Gasteiger partial charge in [0.25, 0.3) is 0 Å². The number of nitrogens with two attached hydrogens (primary N) is 1. The lowest BCUT2D eigenvalue weighted by molar-refractivity contribution is 0.548. The zero-order valence-corrected chi connectivity index (χ0v) is 10.1. The molecule has 3 N–H and O–H groups in total. The summed E-state index contributed by atoms with van der Waals surface area (Å²) in [6.45, 7) is 8.04. The van der Waals surface area contributed by atoms with E-state index in [0.717, 1.165) is 11.3 Å². The summed E-state index contributed by atoms with van der Waals surface area (Å²) in [5, 5.41) is 20.1. The molecule has 0 fully saturated rings. The molecule has 0 saturated carbocycles. The van der Waals surface area contributed by atoms with Crippen molar-refractivity contribution in [3.8, 4) is 6.07 Å². The van der Waals surface area contributed by atoms with Gasteiger partial charge < -0.3 is 11.1 Å². The number of hydrogen-bond acceptors (Lipinski definition) is 5. The molecule has 1 aromatic heterocycles. The molecule has 0 unspecified atom stereocenters. The van der Waals surface area contributed by atoms with E-state index in [0.29, 0.717) is 17.9 Å². The van der Waals surface area contributed by atoms with Gasteiger partial charge in [0.05, 0.1) is 5.69 Å². The van der Waals surface area contributed by atoms with Crippen LogP contribution < -0.4 is 11.1 Å². The lowest BCUT2D eigenvalue weighted by atomic mass is 10.1. The summed E-state index contributed by atoms with van der Waals surface area (Å²) in [6.07, 6.45) is 0. The second-order valence-electron chi connectivity index (χ2n) is 4.59. The minimum absolute atomic E-state index is 0.354. The van der Waals surface area contributed by atoms with E-state index in [-0.39, 0.29) is 5.54 Å². The standard InChI is InChI=1S/C11H17N5/c1-7-8(2)15-16-10(9(7)5-12)14-6-11(3,4)13/h6,13H2,1-4H3,(H,14,16). The summed E-state index contributed by atoms with van der Waals surface area (Å²) < 4.78 is 0. The van der Waals surface area contributed by atoms with Gasteiger partial charge in [0.1, 0.15) is 11.6 Å². The van der Waals surface area contributed by atoms with Gasteiger partial charge in [-0.05, 0) is 33.3 Å². The summed E-state index contributed by atoms with van der Waals surface area (Å²) in [5.74, 6) is 0.504. The molecule has 0 bridgehead atoms. The molecule has 0 saturated heterocycles. The summed E-state index contributed by atoms with van der Waals surface area (Å²) in [5.41, 5.74) is 7.66. The Morgan fingerprint density at radius 3 is 2.50 bits per heavy atom. The summed E-state index contributed by atoms with van der Waals surface area (Å²) >= 11 is 0. The zero-order chi connectivity index (χ0) is 12.3. The third-order valence-electron chi connectivity index (χ3n) is 2.28. The number of aryl methyl sites for hydroxylation is 1. The fourth-order valence-electron chi connectivity index (χ4n) is 1.18. The first kappa shape index (κ1) is 12.4. The molecule has 0 radical (unpaired) electrons. The van der Waals surface area contributed by atoms with Gasteiger partial charge >= 0.3 is 0 Å². The lowest BCUT2D eigenvalue weighted by Crippen LogP contribution is -2.40. The van der Waals surface area contributed by atoms with Crippen molar-refractivity contribution in [2.45, 2.75) is 33.2 Å². The van der Waals surface area contributed by atoms with Crippen molar-refractivity contribution in [3.63, 3.8) is 0 Å². The Kier molecular flexibility index (Phi) is 3.45. The number of nitrogens with zero attached hydrogens (tertiary/aromatic N) is 3. The van der Waals surface area contributed by atoms with E-state index in [1.165, 1.54) is 0 Å². The Morgan fingerprint density at radius 2 is 2.00 bits per heavy atom. The average Bonchev–Trinajstić information content (AvgIpc) is 2.18. The second kappa shape index (κ2) is 4.45. The molecule has 0 spiro atoms. The maximum Gasteiger partial charge on any atom is 0.166 e. The van der Waals surface area contributed by atoms with Crippen molar-refractivity contribution in [1.29, 1.82) is 5.26 Å². The van der Waals surface area contributed by atoms with Crippen LogP contribution in [-0.2, 0) is 0 Å². The molecular weight excluding hydrogens is 202 g/mol. The van der Waals surface area contributed by atoms with Gasteiger partial charge in [-0.2, -0.15) is 10.4 Å². The van der Waals surface area contributed by atoms with Crippen LogP contribution in [0.5, 0.6) is 0 Å². The molecule has 1 aromatic rings. The van der Waals surface area contributed by atoms with E-state index >= 15 is 0 Å². The molecule has 5 heteroatoms. The first-order chi connectivity index (χ1) is 7.35. The summed E-state index contributed by atoms with van der Waals surface area (Å²) in [7, 11) is 0. The fraction of sp³-hybridized carbons (Fsp3) is 0.545. The van der Waals surface area contributed by atoms with Gasteiger partial charge in [-0.1, -0.05) is 0 Å². The van der Waals surface area contributed by atoms with Crippen LogP contribution in [0.15, 0.2) is 0 Å². The number of rotatable bonds is 3. The molecule has 0 aliphatic carbocycles. The average molecular weight is 219 g/mol. The highest BCUT2D eigenvalue weighted by atomic mass is 15.2. The van der Waals surface area contributed by atoms with Crippen LogP contribution in [0.3, 0.4) is 0 Å². The molecule has 0 atom stereocenters. The smallest absolute Gasteiger partial charge is 0.166 e. The number of hydrogen-bond donors (Lipinski definition) is 2. The number of anilines is 1. The molecule has 0 aliphatic heterocycles. The van der Waals surface area contributed by atoms with E-state index in [9.17, 15) is 0 Å². The number of nitrogens with one attached hydrogen (secondary N) is 1. The third kappa shape index (κ3) is 2.91. The molecule has 86 valence electrons. The van der Waals surface area contributed by atoms with Crippen molar-refractivity contribution >= 4 is 5.82 Å². The highest BCUT2D eigenvalue weighted by molar-refractivity contribution is 5.55. The first-order valence-corrected chi connectivity index (χ1v) is 5.12. The Hall–Kier alpha value is -1.67. The van der Waals surface area contributed by atoms with Crippen molar-refractivity contribution in [3.05, 3.63) is 16.8 Å². The zero-order valence-electron chi connectivity index (χ0n) is 10.1. The molecule has 5 nitrogen and oxygen atoms in total. The monoisotopic (exact) mass is 219 g/mol. The Morgan fingerprint density at radius 1 is 1.38 bits per heavy atom. The van der Waals surface area contributed by atoms with Crippen LogP contribution in [-0.4, -0.2) is 22.3 Å². The summed E-state index contributed by atoms with van der Waals surface area (Å²) in [4.78, 5) is 0. The highest BCUT2D eigenvalue weighted by Gasteiger charge is 2.14. The Bertz CT molecular complexity index is 425. The van der Waals surface area contributed by atoms with Crippen molar-refractivity contribution in [2.24, 2.45) is 5.73 Å². The van der Waals surface area contributed by atoms with E-state index in [2.05, 4.69) is 21.6 Å². The molecule has 0 amide bonds. The highest BCUT2D eigenvalue weighted by Crippen LogP contribution is 2.17. The summed E-state index contributed by atoms with van der Waals surface area (Å²) in [6, 6.07) is 2.14. The maximum atomic E-state index is 9.06. The number of nitriles is 1.